The molecule has 16 heavy (non-hydrogen) atoms. The van der Waals surface area contributed by atoms with E-state index >= 15 is 0 Å². The lowest BCUT2D eigenvalue weighted by atomic mass is 10.1. The minimum atomic E-state index is 0.574. The smallest absolute Gasteiger partial charge is 0.214 e. The Labute approximate surface area is 99.3 Å². The van der Waals surface area contributed by atoms with Crippen LogP contribution in [0.1, 0.15) is 18.1 Å². The van der Waals surface area contributed by atoms with Crippen molar-refractivity contribution in [1.29, 1.82) is 0 Å². The number of nitrogens with zero attached hydrogens (tertiary/aromatic N) is 2. The van der Waals surface area contributed by atoms with Crippen molar-refractivity contribution in [3.05, 3.63) is 46.5 Å². The Kier molecular flexibility index (Phi) is 3.36. The highest BCUT2D eigenvalue weighted by molar-refractivity contribution is 7.71. The fraction of sp³-hybridized carbons (Fsp3) is 0.273. The lowest BCUT2D eigenvalue weighted by Gasteiger charge is -2.06. The quantitative estimate of drug-likeness (QED) is 0.798. The Balaban J connectivity index is 2.00. The van der Waals surface area contributed by atoms with Crippen molar-refractivity contribution in [2.24, 2.45) is 0 Å². The molecule has 2 aromatic rings. The minimum Gasteiger partial charge on any atom is -0.318 e. The van der Waals surface area contributed by atoms with Gasteiger partial charge in [0.1, 0.15) is 6.33 Å². The van der Waals surface area contributed by atoms with Crippen LogP contribution in [0, 0.1) is 4.77 Å². The Morgan fingerprint density at radius 2 is 2.00 bits per heavy atom. The molecule has 5 heteroatoms. The third kappa shape index (κ3) is 2.49. The summed E-state index contributed by atoms with van der Waals surface area (Å²) in [7, 11) is 0. The first-order valence-corrected chi connectivity index (χ1v) is 5.64. The predicted molar refractivity (Wildman–Crippen MR) is 66.3 cm³/mol. The number of aromatic amines is 1. The highest BCUT2D eigenvalue weighted by Crippen LogP contribution is 2.05. The van der Waals surface area contributed by atoms with Crippen molar-refractivity contribution >= 4 is 12.2 Å². The maximum atomic E-state index is 5.02. The van der Waals surface area contributed by atoms with E-state index in [1.165, 1.54) is 11.1 Å². The summed E-state index contributed by atoms with van der Waals surface area (Å²) in [6.45, 7) is 2.88. The maximum Gasteiger partial charge on any atom is 0.214 e. The lowest BCUT2D eigenvalue weighted by Crippen LogP contribution is -2.13. The second-order valence-electron chi connectivity index (χ2n) is 3.54. The average molecular weight is 234 g/mol. The number of H-pyrrole nitrogens is 1. The Bertz CT molecular complexity index is 497. The number of aromatic nitrogens is 3. The molecule has 0 bridgehead atoms. The van der Waals surface area contributed by atoms with Crippen molar-refractivity contribution in [2.45, 2.75) is 19.9 Å². The molecular weight excluding hydrogens is 220 g/mol. The normalized spacial score (nSPS) is 10.3. The van der Waals surface area contributed by atoms with Gasteiger partial charge in [-0.25, -0.2) is 4.68 Å². The predicted octanol–water partition coefficient (Wildman–Crippen LogP) is 2.25. The molecule has 1 aromatic heterocycles. The van der Waals surface area contributed by atoms with Crippen molar-refractivity contribution in [3.63, 3.8) is 0 Å². The van der Waals surface area contributed by atoms with Crippen LogP contribution in [-0.2, 0) is 13.0 Å². The number of benzene rings is 1. The fourth-order valence-corrected chi connectivity index (χ4v) is 1.59. The molecule has 0 saturated carbocycles. The second kappa shape index (κ2) is 4.94. The van der Waals surface area contributed by atoms with Gasteiger partial charge in [0.2, 0.25) is 4.77 Å². The molecule has 0 aliphatic heterocycles. The number of hydrogen-bond acceptors (Lipinski definition) is 3. The standard InChI is InChI=1S/C11H14N4S/c1-2-9-3-5-10(6-4-9)7-13-15-8-12-14-11(15)16/h3-6,8,13H,2,7H2,1H3,(H,14,16). The molecule has 0 amide bonds. The Morgan fingerprint density at radius 3 is 2.56 bits per heavy atom. The SMILES string of the molecule is CCc1ccc(CNn2cn[nH]c2=S)cc1. The molecule has 1 aromatic carbocycles. The van der Waals surface area contributed by atoms with E-state index < -0.39 is 0 Å². The number of rotatable bonds is 4. The summed E-state index contributed by atoms with van der Waals surface area (Å²) in [6, 6.07) is 8.53. The van der Waals surface area contributed by atoms with Gasteiger partial charge in [-0.1, -0.05) is 31.2 Å². The Morgan fingerprint density at radius 1 is 1.31 bits per heavy atom. The van der Waals surface area contributed by atoms with Crippen LogP contribution in [0.4, 0.5) is 0 Å². The molecule has 0 fully saturated rings. The van der Waals surface area contributed by atoms with Crippen LogP contribution in [0.15, 0.2) is 30.6 Å². The van der Waals surface area contributed by atoms with Crippen LogP contribution in [-0.4, -0.2) is 14.9 Å². The first kappa shape index (κ1) is 10.9. The summed E-state index contributed by atoms with van der Waals surface area (Å²) in [6.07, 6.45) is 2.70. The molecule has 84 valence electrons. The average Bonchev–Trinajstić information content (AvgIpc) is 2.73. The maximum absolute atomic E-state index is 5.02. The van der Waals surface area contributed by atoms with E-state index in [0.717, 1.165) is 13.0 Å². The molecule has 2 N–H and O–H groups in total. The van der Waals surface area contributed by atoms with Crippen molar-refractivity contribution in [1.82, 2.24) is 14.9 Å². The van der Waals surface area contributed by atoms with E-state index in [9.17, 15) is 0 Å². The van der Waals surface area contributed by atoms with Crippen LogP contribution in [0.3, 0.4) is 0 Å². The molecular formula is C11H14N4S. The molecule has 0 aliphatic carbocycles. The van der Waals surface area contributed by atoms with E-state index in [4.69, 9.17) is 12.2 Å². The van der Waals surface area contributed by atoms with Gasteiger partial charge in [-0.15, -0.1) is 0 Å². The van der Waals surface area contributed by atoms with Gasteiger partial charge in [0, 0.05) is 0 Å². The molecule has 0 spiro atoms. The van der Waals surface area contributed by atoms with E-state index in [0.29, 0.717) is 4.77 Å². The Hall–Kier alpha value is -1.62. The van der Waals surface area contributed by atoms with Gasteiger partial charge in [0.15, 0.2) is 0 Å². The summed E-state index contributed by atoms with van der Waals surface area (Å²) < 4.78 is 2.27. The minimum absolute atomic E-state index is 0.574. The van der Waals surface area contributed by atoms with E-state index in [2.05, 4.69) is 46.8 Å². The summed E-state index contributed by atoms with van der Waals surface area (Å²) in [4.78, 5) is 0. The monoisotopic (exact) mass is 234 g/mol. The molecule has 0 aliphatic rings. The van der Waals surface area contributed by atoms with Gasteiger partial charge in [0.25, 0.3) is 0 Å². The summed E-state index contributed by atoms with van der Waals surface area (Å²) in [5.41, 5.74) is 5.74. The molecule has 0 unspecified atom stereocenters. The van der Waals surface area contributed by atoms with Gasteiger partial charge in [-0.2, -0.15) is 5.10 Å². The molecule has 1 heterocycles. The molecule has 0 saturated heterocycles. The molecule has 2 rings (SSSR count). The fourth-order valence-electron chi connectivity index (χ4n) is 1.43. The number of aryl methyl sites for hydroxylation is 1. The lowest BCUT2D eigenvalue weighted by molar-refractivity contribution is 0.824. The first-order chi connectivity index (χ1) is 7.79. The number of nitrogens with one attached hydrogen (secondary N) is 2. The van der Waals surface area contributed by atoms with Gasteiger partial charge < -0.3 is 5.43 Å². The molecule has 4 nitrogen and oxygen atoms in total. The third-order valence-electron chi connectivity index (χ3n) is 2.44. The van der Waals surface area contributed by atoms with Gasteiger partial charge in [-0.05, 0) is 29.8 Å². The van der Waals surface area contributed by atoms with E-state index in [1.54, 1.807) is 11.0 Å². The summed E-state index contributed by atoms with van der Waals surface area (Å²) in [5, 5.41) is 6.52. The highest BCUT2D eigenvalue weighted by Gasteiger charge is 1.95. The summed E-state index contributed by atoms with van der Waals surface area (Å²) >= 11 is 5.02. The van der Waals surface area contributed by atoms with Gasteiger partial charge in [-0.3, -0.25) is 5.10 Å². The van der Waals surface area contributed by atoms with Crippen molar-refractivity contribution in [2.75, 3.05) is 5.43 Å². The summed E-state index contributed by atoms with van der Waals surface area (Å²) in [5.74, 6) is 0. The van der Waals surface area contributed by atoms with Crippen molar-refractivity contribution < 1.29 is 0 Å². The van der Waals surface area contributed by atoms with Crippen LogP contribution >= 0.6 is 12.2 Å². The zero-order valence-electron chi connectivity index (χ0n) is 9.10. The first-order valence-electron chi connectivity index (χ1n) is 5.23. The third-order valence-corrected chi connectivity index (χ3v) is 2.72. The van der Waals surface area contributed by atoms with Crippen LogP contribution in [0.2, 0.25) is 0 Å². The van der Waals surface area contributed by atoms with Gasteiger partial charge in [0.05, 0.1) is 6.54 Å². The molecule has 0 radical (unpaired) electrons. The zero-order valence-corrected chi connectivity index (χ0v) is 9.92. The van der Waals surface area contributed by atoms with Crippen LogP contribution < -0.4 is 5.43 Å². The zero-order chi connectivity index (χ0) is 11.4. The van der Waals surface area contributed by atoms with Crippen LogP contribution in [0.25, 0.3) is 0 Å². The van der Waals surface area contributed by atoms with E-state index in [-0.39, 0.29) is 0 Å². The van der Waals surface area contributed by atoms with Crippen LogP contribution in [0.5, 0.6) is 0 Å². The van der Waals surface area contributed by atoms with E-state index in [1.807, 2.05) is 0 Å². The highest BCUT2D eigenvalue weighted by atomic mass is 32.1. The second-order valence-corrected chi connectivity index (χ2v) is 3.92. The largest absolute Gasteiger partial charge is 0.318 e. The van der Waals surface area contributed by atoms with Gasteiger partial charge >= 0.3 is 0 Å². The molecule has 0 atom stereocenters. The topological polar surface area (TPSA) is 45.6 Å². The van der Waals surface area contributed by atoms with Crippen molar-refractivity contribution in [3.8, 4) is 0 Å². The number of hydrogen-bond donors (Lipinski definition) is 2.